The molecule has 2 aliphatic heterocycles. The van der Waals surface area contributed by atoms with Crippen LogP contribution in [-0.4, -0.2) is 66.4 Å². The van der Waals surface area contributed by atoms with Gasteiger partial charge in [-0.3, -0.25) is 14.5 Å². The second kappa shape index (κ2) is 8.05. The Hall–Kier alpha value is -2.57. The number of carbonyl (C=O) groups excluding carboxylic acids is 3. The van der Waals surface area contributed by atoms with Crippen molar-refractivity contribution in [3.8, 4) is 0 Å². The third kappa shape index (κ3) is 3.70. The number of carbonyl (C=O) groups is 3. The average molecular weight is 399 g/mol. The van der Waals surface area contributed by atoms with Crippen molar-refractivity contribution in [1.29, 1.82) is 0 Å². The van der Waals surface area contributed by atoms with Gasteiger partial charge in [-0.2, -0.15) is 0 Å². The van der Waals surface area contributed by atoms with Crippen molar-refractivity contribution in [3.63, 3.8) is 0 Å². The minimum Gasteiger partial charge on any atom is -0.371 e. The zero-order chi connectivity index (χ0) is 20.4. The van der Waals surface area contributed by atoms with Crippen molar-refractivity contribution >= 4 is 23.5 Å². The number of nitrogens with one attached hydrogen (secondary N) is 1. The highest BCUT2D eigenvalue weighted by molar-refractivity contribution is 6.08. The number of nitrogens with zero attached hydrogens (tertiary/aromatic N) is 3. The highest BCUT2D eigenvalue weighted by Gasteiger charge is 2.55. The Balaban J connectivity index is 1.29. The van der Waals surface area contributed by atoms with Gasteiger partial charge in [0.15, 0.2) is 0 Å². The van der Waals surface area contributed by atoms with E-state index in [9.17, 15) is 14.4 Å². The molecular weight excluding hydrogens is 368 g/mol. The van der Waals surface area contributed by atoms with E-state index in [0.29, 0.717) is 25.3 Å². The van der Waals surface area contributed by atoms with Gasteiger partial charge in [0, 0.05) is 32.4 Å². The highest BCUT2D eigenvalue weighted by Crippen LogP contribution is 2.39. The summed E-state index contributed by atoms with van der Waals surface area (Å²) in [6.07, 6.45) is 5.40. The quantitative estimate of drug-likeness (QED) is 0.772. The van der Waals surface area contributed by atoms with Gasteiger partial charge in [0.25, 0.3) is 5.91 Å². The lowest BCUT2D eigenvalue weighted by atomic mass is 9.81. The third-order valence-electron chi connectivity index (χ3n) is 6.78. The minimum absolute atomic E-state index is 0.182. The second-order valence-corrected chi connectivity index (χ2v) is 8.57. The van der Waals surface area contributed by atoms with Crippen LogP contribution in [0.2, 0.25) is 0 Å². The fourth-order valence-electron chi connectivity index (χ4n) is 5.00. The molecule has 0 aromatic heterocycles. The molecule has 7 nitrogen and oxygen atoms in total. The van der Waals surface area contributed by atoms with E-state index in [0.717, 1.165) is 43.7 Å². The first-order chi connectivity index (χ1) is 14.0. The lowest BCUT2D eigenvalue weighted by Crippen LogP contribution is -2.49. The summed E-state index contributed by atoms with van der Waals surface area (Å²) in [5.74, 6) is -0.0846. The van der Waals surface area contributed by atoms with Crippen molar-refractivity contribution in [3.05, 3.63) is 30.3 Å². The smallest absolute Gasteiger partial charge is 0.327 e. The largest absolute Gasteiger partial charge is 0.371 e. The molecule has 0 bridgehead atoms. The fraction of sp³-hybridized carbons (Fsp3) is 0.591. The standard InChI is InChI=1S/C22H30N4O3/c1-24-21(29)26(20(28)22(24)11-6-3-7-12-22)16-19(27)23-14-17-10-13-25(15-17)18-8-4-2-5-9-18/h2,4-5,8-9,17H,3,6-7,10-16H2,1H3,(H,23,27). The number of likely N-dealkylation sites (N-methyl/N-ethyl adjacent to an activating group) is 1. The molecule has 3 aliphatic rings. The predicted molar refractivity (Wildman–Crippen MR) is 110 cm³/mol. The van der Waals surface area contributed by atoms with E-state index in [4.69, 9.17) is 0 Å². The van der Waals surface area contributed by atoms with Crippen LogP contribution in [-0.2, 0) is 9.59 Å². The Labute approximate surface area is 172 Å². The number of urea groups is 1. The van der Waals surface area contributed by atoms with Crippen molar-refractivity contribution in [2.45, 2.75) is 44.1 Å². The fourth-order valence-corrected chi connectivity index (χ4v) is 5.00. The SMILES string of the molecule is CN1C(=O)N(CC(=O)NCC2CCN(c3ccccc3)C2)C(=O)C12CCCCC2. The van der Waals surface area contributed by atoms with Crippen LogP contribution in [0.1, 0.15) is 38.5 Å². The first kappa shape index (κ1) is 19.7. The number of rotatable bonds is 5. The number of amides is 4. The molecule has 4 amide bonds. The first-order valence-electron chi connectivity index (χ1n) is 10.7. The maximum Gasteiger partial charge on any atom is 0.327 e. The topological polar surface area (TPSA) is 73.0 Å². The number of para-hydroxylation sites is 1. The molecule has 1 unspecified atom stereocenters. The van der Waals surface area contributed by atoms with E-state index >= 15 is 0 Å². The van der Waals surface area contributed by atoms with Gasteiger partial charge in [0.2, 0.25) is 5.91 Å². The summed E-state index contributed by atoms with van der Waals surface area (Å²) in [6.45, 7) is 2.26. The van der Waals surface area contributed by atoms with Crippen LogP contribution in [0.5, 0.6) is 0 Å². The summed E-state index contributed by atoms with van der Waals surface area (Å²) in [7, 11) is 1.69. The van der Waals surface area contributed by atoms with Crippen LogP contribution in [0, 0.1) is 5.92 Å². The highest BCUT2D eigenvalue weighted by atomic mass is 16.2. The Bertz CT molecular complexity index is 776. The van der Waals surface area contributed by atoms with Crippen LogP contribution in [0.25, 0.3) is 0 Å². The van der Waals surface area contributed by atoms with Crippen molar-refractivity contribution in [2.24, 2.45) is 5.92 Å². The van der Waals surface area contributed by atoms with Gasteiger partial charge in [-0.15, -0.1) is 0 Å². The van der Waals surface area contributed by atoms with E-state index in [1.807, 2.05) is 18.2 Å². The Morgan fingerprint density at radius 1 is 1.14 bits per heavy atom. The van der Waals surface area contributed by atoms with Gasteiger partial charge in [0.1, 0.15) is 12.1 Å². The molecule has 156 valence electrons. The van der Waals surface area contributed by atoms with Crippen LogP contribution in [0.15, 0.2) is 30.3 Å². The van der Waals surface area contributed by atoms with Crippen LogP contribution < -0.4 is 10.2 Å². The molecule has 1 atom stereocenters. The summed E-state index contributed by atoms with van der Waals surface area (Å²) in [6, 6.07) is 9.93. The number of anilines is 1. The second-order valence-electron chi connectivity index (χ2n) is 8.57. The molecular formula is C22H30N4O3. The van der Waals surface area contributed by atoms with Gasteiger partial charge >= 0.3 is 6.03 Å². The Kier molecular flexibility index (Phi) is 5.48. The Morgan fingerprint density at radius 2 is 1.86 bits per heavy atom. The van der Waals surface area contributed by atoms with Gasteiger partial charge in [0.05, 0.1) is 0 Å². The van der Waals surface area contributed by atoms with E-state index < -0.39 is 5.54 Å². The summed E-state index contributed by atoms with van der Waals surface area (Å²) in [4.78, 5) is 43.1. The van der Waals surface area contributed by atoms with Gasteiger partial charge < -0.3 is 15.1 Å². The van der Waals surface area contributed by atoms with E-state index in [2.05, 4.69) is 22.3 Å². The van der Waals surface area contributed by atoms with Crippen molar-refractivity contribution in [1.82, 2.24) is 15.1 Å². The minimum atomic E-state index is -0.725. The van der Waals surface area contributed by atoms with Gasteiger partial charge in [-0.25, -0.2) is 4.79 Å². The van der Waals surface area contributed by atoms with E-state index in [1.54, 1.807) is 11.9 Å². The van der Waals surface area contributed by atoms with Crippen LogP contribution in [0.3, 0.4) is 0 Å². The lowest BCUT2D eigenvalue weighted by Gasteiger charge is -2.35. The zero-order valence-corrected chi connectivity index (χ0v) is 17.1. The number of hydrogen-bond acceptors (Lipinski definition) is 4. The summed E-state index contributed by atoms with van der Waals surface area (Å²) < 4.78 is 0. The molecule has 1 aromatic carbocycles. The number of benzene rings is 1. The average Bonchev–Trinajstić information content (AvgIpc) is 3.29. The lowest BCUT2D eigenvalue weighted by molar-refractivity contribution is -0.137. The molecule has 2 saturated heterocycles. The molecule has 1 N–H and O–H groups in total. The summed E-state index contributed by atoms with van der Waals surface area (Å²) >= 11 is 0. The van der Waals surface area contributed by atoms with Gasteiger partial charge in [-0.1, -0.05) is 37.5 Å². The van der Waals surface area contributed by atoms with Crippen molar-refractivity contribution < 1.29 is 14.4 Å². The van der Waals surface area contributed by atoms with Crippen molar-refractivity contribution in [2.75, 3.05) is 38.1 Å². The molecule has 2 heterocycles. The molecule has 29 heavy (non-hydrogen) atoms. The molecule has 4 rings (SSSR count). The summed E-state index contributed by atoms with van der Waals surface area (Å²) in [5.41, 5.74) is 0.479. The zero-order valence-electron chi connectivity index (χ0n) is 17.1. The molecule has 7 heteroatoms. The number of hydrogen-bond donors (Lipinski definition) is 1. The van der Waals surface area contributed by atoms with Crippen LogP contribution >= 0.6 is 0 Å². The molecule has 3 fully saturated rings. The molecule has 1 aromatic rings. The third-order valence-corrected chi connectivity index (χ3v) is 6.78. The van der Waals surface area contributed by atoms with Crippen LogP contribution in [0.4, 0.5) is 10.5 Å². The maximum atomic E-state index is 13.0. The Morgan fingerprint density at radius 3 is 2.59 bits per heavy atom. The summed E-state index contributed by atoms with van der Waals surface area (Å²) in [5, 5.41) is 2.94. The normalized spacial score (nSPS) is 23.9. The first-order valence-corrected chi connectivity index (χ1v) is 10.7. The monoisotopic (exact) mass is 398 g/mol. The van der Waals surface area contributed by atoms with E-state index in [-0.39, 0.29) is 24.4 Å². The maximum absolute atomic E-state index is 13.0. The predicted octanol–water partition coefficient (Wildman–Crippen LogP) is 2.23. The molecule has 1 saturated carbocycles. The molecule has 1 spiro atoms. The molecule has 0 radical (unpaired) electrons. The molecule has 1 aliphatic carbocycles. The van der Waals surface area contributed by atoms with Gasteiger partial charge in [-0.05, 0) is 37.3 Å². The van der Waals surface area contributed by atoms with E-state index in [1.165, 1.54) is 5.69 Å². The number of imide groups is 1.